The fourth-order valence-electron chi connectivity index (χ4n) is 2.07. The van der Waals surface area contributed by atoms with Crippen LogP contribution in [-0.4, -0.2) is 30.0 Å². The van der Waals surface area contributed by atoms with Gasteiger partial charge >= 0.3 is 0 Å². The van der Waals surface area contributed by atoms with Crippen LogP contribution in [0.5, 0.6) is 0 Å². The van der Waals surface area contributed by atoms with E-state index >= 15 is 0 Å². The molecule has 1 aliphatic rings. The first-order chi connectivity index (χ1) is 8.20. The maximum absolute atomic E-state index is 12.2. The number of amides is 1. The molecule has 4 heteroatoms. The molecule has 1 amide bonds. The van der Waals surface area contributed by atoms with Gasteiger partial charge in [0.05, 0.1) is 6.10 Å². The van der Waals surface area contributed by atoms with E-state index in [1.165, 1.54) is 0 Å². The first-order valence-corrected chi connectivity index (χ1v) is 5.92. The minimum atomic E-state index is 0.0945. The number of rotatable bonds is 2. The van der Waals surface area contributed by atoms with E-state index in [2.05, 4.69) is 0 Å². The van der Waals surface area contributed by atoms with Crippen LogP contribution in [0.4, 0.5) is 0 Å². The molecule has 2 rings (SSSR count). The number of carbonyl (C=O) groups is 1. The average molecular weight is 234 g/mol. The van der Waals surface area contributed by atoms with Crippen molar-refractivity contribution >= 4 is 5.91 Å². The van der Waals surface area contributed by atoms with Crippen LogP contribution in [0, 0.1) is 6.92 Å². The Bertz CT molecular complexity index is 381. The number of piperidine rings is 1. The van der Waals surface area contributed by atoms with Gasteiger partial charge in [0.15, 0.2) is 0 Å². The zero-order chi connectivity index (χ0) is 12.3. The highest BCUT2D eigenvalue weighted by Gasteiger charge is 2.23. The Balaban J connectivity index is 1.99. The van der Waals surface area contributed by atoms with Crippen LogP contribution in [0.3, 0.4) is 0 Å². The van der Waals surface area contributed by atoms with Crippen molar-refractivity contribution in [2.75, 3.05) is 13.1 Å². The molecule has 0 aromatic heterocycles. The van der Waals surface area contributed by atoms with Gasteiger partial charge in [-0.3, -0.25) is 4.79 Å². The van der Waals surface area contributed by atoms with Crippen molar-refractivity contribution in [2.45, 2.75) is 25.9 Å². The second kappa shape index (κ2) is 5.29. The lowest BCUT2D eigenvalue weighted by Gasteiger charge is -2.30. The number of nitrogens with zero attached hydrogens (tertiary/aromatic N) is 1. The van der Waals surface area contributed by atoms with E-state index in [1.54, 1.807) is 0 Å². The van der Waals surface area contributed by atoms with E-state index in [9.17, 15) is 4.79 Å². The largest absolute Gasteiger partial charge is 0.338 e. The summed E-state index contributed by atoms with van der Waals surface area (Å²) < 4.78 is 0. The Morgan fingerprint density at radius 3 is 2.41 bits per heavy atom. The molecular formula is C13H18N2O2. The first kappa shape index (κ1) is 12.1. The summed E-state index contributed by atoms with van der Waals surface area (Å²) in [6, 6.07) is 7.68. The summed E-state index contributed by atoms with van der Waals surface area (Å²) in [5, 5.41) is 0. The van der Waals surface area contributed by atoms with Crippen LogP contribution in [0.15, 0.2) is 24.3 Å². The summed E-state index contributed by atoms with van der Waals surface area (Å²) >= 11 is 0. The minimum absolute atomic E-state index is 0.0945. The number of hydrogen-bond acceptors (Lipinski definition) is 3. The normalized spacial score (nSPS) is 17.2. The van der Waals surface area contributed by atoms with Crippen molar-refractivity contribution in [3.63, 3.8) is 0 Å². The smallest absolute Gasteiger partial charge is 0.253 e. The fraction of sp³-hybridized carbons (Fsp3) is 0.462. The molecule has 4 nitrogen and oxygen atoms in total. The average Bonchev–Trinajstić information content (AvgIpc) is 2.39. The Labute approximate surface area is 101 Å². The Morgan fingerprint density at radius 2 is 1.88 bits per heavy atom. The molecule has 92 valence electrons. The van der Waals surface area contributed by atoms with E-state index < -0.39 is 0 Å². The summed E-state index contributed by atoms with van der Waals surface area (Å²) in [6.07, 6.45) is 1.72. The van der Waals surface area contributed by atoms with Gasteiger partial charge in [-0.1, -0.05) is 17.7 Å². The molecule has 17 heavy (non-hydrogen) atoms. The molecule has 0 spiro atoms. The van der Waals surface area contributed by atoms with Crippen LogP contribution in [0.25, 0.3) is 0 Å². The lowest BCUT2D eigenvalue weighted by Crippen LogP contribution is -2.41. The van der Waals surface area contributed by atoms with E-state index in [-0.39, 0.29) is 12.0 Å². The van der Waals surface area contributed by atoms with Gasteiger partial charge in [0.1, 0.15) is 0 Å². The van der Waals surface area contributed by atoms with E-state index in [4.69, 9.17) is 10.7 Å². The Morgan fingerprint density at radius 1 is 1.29 bits per heavy atom. The number of likely N-dealkylation sites (tertiary alicyclic amines) is 1. The second-order valence-corrected chi connectivity index (χ2v) is 4.49. The highest BCUT2D eigenvalue weighted by molar-refractivity contribution is 5.94. The van der Waals surface area contributed by atoms with Gasteiger partial charge in [0, 0.05) is 18.7 Å². The zero-order valence-corrected chi connectivity index (χ0v) is 10.1. The van der Waals surface area contributed by atoms with E-state index in [0.717, 1.165) is 24.0 Å². The van der Waals surface area contributed by atoms with Gasteiger partial charge < -0.3 is 9.74 Å². The van der Waals surface area contributed by atoms with Crippen molar-refractivity contribution in [3.8, 4) is 0 Å². The van der Waals surface area contributed by atoms with Crippen molar-refractivity contribution in [1.29, 1.82) is 0 Å². The summed E-state index contributed by atoms with van der Waals surface area (Å²) in [6.45, 7) is 3.45. The lowest BCUT2D eigenvalue weighted by molar-refractivity contribution is 0.00781. The lowest BCUT2D eigenvalue weighted by atomic mass is 10.1. The molecule has 0 radical (unpaired) electrons. The molecule has 1 aromatic rings. The minimum Gasteiger partial charge on any atom is -0.338 e. The topological polar surface area (TPSA) is 55.6 Å². The number of aryl methyl sites for hydroxylation is 1. The summed E-state index contributed by atoms with van der Waals surface area (Å²) in [5.74, 6) is 5.25. The van der Waals surface area contributed by atoms with Gasteiger partial charge in [-0.15, -0.1) is 0 Å². The molecule has 1 heterocycles. The van der Waals surface area contributed by atoms with Crippen LogP contribution in [-0.2, 0) is 4.84 Å². The van der Waals surface area contributed by atoms with Gasteiger partial charge in [-0.2, -0.15) is 0 Å². The molecule has 0 atom stereocenters. The molecule has 0 bridgehead atoms. The summed E-state index contributed by atoms with van der Waals surface area (Å²) in [4.78, 5) is 18.8. The van der Waals surface area contributed by atoms with Crippen LogP contribution < -0.4 is 5.90 Å². The second-order valence-electron chi connectivity index (χ2n) is 4.49. The van der Waals surface area contributed by atoms with E-state index in [1.807, 2.05) is 36.1 Å². The van der Waals surface area contributed by atoms with Gasteiger partial charge in [0.2, 0.25) is 0 Å². The Hall–Kier alpha value is -1.39. The van der Waals surface area contributed by atoms with Gasteiger partial charge in [0.25, 0.3) is 5.91 Å². The highest BCUT2D eigenvalue weighted by Crippen LogP contribution is 2.15. The van der Waals surface area contributed by atoms with Crippen molar-refractivity contribution in [3.05, 3.63) is 35.4 Å². The van der Waals surface area contributed by atoms with E-state index in [0.29, 0.717) is 13.1 Å². The fourth-order valence-corrected chi connectivity index (χ4v) is 2.07. The molecule has 0 saturated carbocycles. The van der Waals surface area contributed by atoms with Crippen molar-refractivity contribution in [1.82, 2.24) is 4.90 Å². The van der Waals surface area contributed by atoms with Gasteiger partial charge in [-0.25, -0.2) is 5.90 Å². The number of nitrogens with two attached hydrogens (primary N) is 1. The molecular weight excluding hydrogens is 216 g/mol. The zero-order valence-electron chi connectivity index (χ0n) is 10.1. The third-order valence-corrected chi connectivity index (χ3v) is 3.22. The predicted octanol–water partition coefficient (Wildman–Crippen LogP) is 1.49. The number of carbonyl (C=O) groups excluding carboxylic acids is 1. The molecule has 2 N–H and O–H groups in total. The third-order valence-electron chi connectivity index (χ3n) is 3.22. The molecule has 0 unspecified atom stereocenters. The number of hydrogen-bond donors (Lipinski definition) is 1. The first-order valence-electron chi connectivity index (χ1n) is 5.92. The molecule has 1 saturated heterocycles. The standard InChI is InChI=1S/C13H18N2O2/c1-10-2-4-11(5-3-10)13(16)15-8-6-12(17-14)7-9-15/h2-5,12H,6-9,14H2,1H3. The maximum Gasteiger partial charge on any atom is 0.253 e. The van der Waals surface area contributed by atoms with Crippen LogP contribution >= 0.6 is 0 Å². The maximum atomic E-state index is 12.2. The van der Waals surface area contributed by atoms with Crippen LogP contribution in [0.1, 0.15) is 28.8 Å². The summed E-state index contributed by atoms with van der Waals surface area (Å²) in [7, 11) is 0. The molecule has 1 fully saturated rings. The number of benzene rings is 1. The molecule has 1 aliphatic heterocycles. The molecule has 1 aromatic carbocycles. The third kappa shape index (κ3) is 2.84. The van der Waals surface area contributed by atoms with Crippen molar-refractivity contribution < 1.29 is 9.63 Å². The SMILES string of the molecule is Cc1ccc(C(=O)N2CCC(ON)CC2)cc1. The predicted molar refractivity (Wildman–Crippen MR) is 65.4 cm³/mol. The van der Waals surface area contributed by atoms with Crippen LogP contribution in [0.2, 0.25) is 0 Å². The van der Waals surface area contributed by atoms with Crippen molar-refractivity contribution in [2.24, 2.45) is 5.90 Å². The molecule has 0 aliphatic carbocycles. The highest BCUT2D eigenvalue weighted by atomic mass is 16.6. The Kier molecular flexibility index (Phi) is 3.76. The monoisotopic (exact) mass is 234 g/mol. The summed E-state index contributed by atoms with van der Waals surface area (Å²) in [5.41, 5.74) is 1.92. The van der Waals surface area contributed by atoms with Gasteiger partial charge in [-0.05, 0) is 31.9 Å². The quantitative estimate of drug-likeness (QED) is 0.789.